The fourth-order valence-corrected chi connectivity index (χ4v) is 5.68. The Kier molecular flexibility index (Phi) is 6.60. The largest absolute Gasteiger partial charge is 0.487 e. The van der Waals surface area contributed by atoms with Gasteiger partial charge in [0.25, 0.3) is 10.0 Å². The lowest BCUT2D eigenvalue weighted by Crippen LogP contribution is -2.45. The van der Waals surface area contributed by atoms with Gasteiger partial charge in [-0.25, -0.2) is 8.42 Å². The van der Waals surface area contributed by atoms with Crippen LogP contribution in [0.4, 0.5) is 5.69 Å². The number of carbonyl (C=O) groups is 1. The molecule has 178 valence electrons. The van der Waals surface area contributed by atoms with Gasteiger partial charge in [0.15, 0.2) is 0 Å². The van der Waals surface area contributed by atoms with Gasteiger partial charge in [0.2, 0.25) is 5.91 Å². The summed E-state index contributed by atoms with van der Waals surface area (Å²) < 4.78 is 34.2. The van der Waals surface area contributed by atoms with Gasteiger partial charge in [-0.05, 0) is 56.7 Å². The molecule has 1 atom stereocenters. The third-order valence-electron chi connectivity index (χ3n) is 5.77. The summed E-state index contributed by atoms with van der Waals surface area (Å²) in [5.74, 6) is 0.289. The van der Waals surface area contributed by atoms with Crippen LogP contribution in [0, 0.1) is 6.92 Å². The molecule has 0 aliphatic carbocycles. The van der Waals surface area contributed by atoms with Gasteiger partial charge in [-0.1, -0.05) is 54.1 Å². The van der Waals surface area contributed by atoms with Crippen LogP contribution in [0.2, 0.25) is 5.02 Å². The number of carbonyl (C=O) groups excluding carboxylic acids is 1. The average Bonchev–Trinajstić information content (AvgIpc) is 2.79. The maximum atomic E-state index is 13.5. The lowest BCUT2D eigenvalue weighted by atomic mass is 9.89. The summed E-state index contributed by atoms with van der Waals surface area (Å²) >= 11 is 6.30. The molecule has 8 heteroatoms. The molecule has 34 heavy (non-hydrogen) atoms. The van der Waals surface area contributed by atoms with Crippen molar-refractivity contribution in [3.8, 4) is 5.75 Å². The van der Waals surface area contributed by atoms with E-state index in [0.29, 0.717) is 22.9 Å². The van der Waals surface area contributed by atoms with Crippen molar-refractivity contribution in [3.05, 3.63) is 88.9 Å². The third kappa shape index (κ3) is 5.05. The molecule has 0 saturated heterocycles. The van der Waals surface area contributed by atoms with E-state index >= 15 is 0 Å². The number of sulfonamides is 1. The van der Waals surface area contributed by atoms with Crippen LogP contribution >= 0.6 is 11.6 Å². The van der Waals surface area contributed by atoms with Gasteiger partial charge < -0.3 is 10.1 Å². The summed E-state index contributed by atoms with van der Waals surface area (Å²) in [6.45, 7) is 5.36. The molecular weight excluding hydrogens is 472 g/mol. The SMILES string of the molecule is Cc1ccc(N(CC(=O)NC2CC(C)(C)Oc3ccccc32)S(=O)(=O)c2ccccc2)cc1Cl. The number of fused-ring (bicyclic) bond motifs is 1. The van der Waals surface area contributed by atoms with Crippen LogP contribution in [-0.4, -0.2) is 26.5 Å². The summed E-state index contributed by atoms with van der Waals surface area (Å²) in [7, 11) is -4.01. The van der Waals surface area contributed by atoms with Gasteiger partial charge in [-0.2, -0.15) is 0 Å². The molecule has 0 fully saturated rings. The monoisotopic (exact) mass is 498 g/mol. The Hall–Kier alpha value is -3.03. The molecule has 1 unspecified atom stereocenters. The second-order valence-electron chi connectivity index (χ2n) is 8.98. The van der Waals surface area contributed by atoms with E-state index in [2.05, 4.69) is 5.32 Å². The molecule has 1 N–H and O–H groups in total. The molecule has 3 aromatic rings. The number of amides is 1. The van der Waals surface area contributed by atoms with E-state index in [0.717, 1.165) is 15.4 Å². The first-order valence-corrected chi connectivity index (χ1v) is 12.8. The molecule has 1 aliphatic heterocycles. The smallest absolute Gasteiger partial charge is 0.264 e. The zero-order valence-electron chi connectivity index (χ0n) is 19.3. The fraction of sp³-hybridized carbons (Fsp3) is 0.269. The number of benzene rings is 3. The number of nitrogens with one attached hydrogen (secondary N) is 1. The van der Waals surface area contributed by atoms with Gasteiger partial charge >= 0.3 is 0 Å². The topological polar surface area (TPSA) is 75.7 Å². The molecule has 0 radical (unpaired) electrons. The van der Waals surface area contributed by atoms with E-state index in [9.17, 15) is 13.2 Å². The highest BCUT2D eigenvalue weighted by Crippen LogP contribution is 2.39. The van der Waals surface area contributed by atoms with Crippen LogP contribution in [0.25, 0.3) is 0 Å². The lowest BCUT2D eigenvalue weighted by molar-refractivity contribution is -0.120. The minimum atomic E-state index is -4.01. The van der Waals surface area contributed by atoms with Crippen molar-refractivity contribution in [1.29, 1.82) is 0 Å². The number of ether oxygens (including phenoxy) is 1. The zero-order valence-corrected chi connectivity index (χ0v) is 20.9. The number of nitrogens with zero attached hydrogens (tertiary/aromatic N) is 1. The highest BCUT2D eigenvalue weighted by molar-refractivity contribution is 7.92. The summed E-state index contributed by atoms with van der Waals surface area (Å²) in [6.07, 6.45) is 0.553. The Morgan fingerprint density at radius 2 is 1.76 bits per heavy atom. The van der Waals surface area contributed by atoms with Crippen molar-refractivity contribution in [3.63, 3.8) is 0 Å². The van der Waals surface area contributed by atoms with E-state index in [1.54, 1.807) is 36.4 Å². The summed E-state index contributed by atoms with van der Waals surface area (Å²) in [5, 5.41) is 3.44. The minimum Gasteiger partial charge on any atom is -0.487 e. The second kappa shape index (κ2) is 9.31. The Balaban J connectivity index is 1.66. The number of rotatable bonds is 6. The molecule has 1 aliphatic rings. The minimum absolute atomic E-state index is 0.0945. The predicted octanol–water partition coefficient (Wildman–Crippen LogP) is 5.26. The van der Waals surface area contributed by atoms with Crippen molar-refractivity contribution in [1.82, 2.24) is 5.32 Å². The van der Waals surface area contributed by atoms with E-state index in [-0.39, 0.29) is 10.9 Å². The summed E-state index contributed by atoms with van der Waals surface area (Å²) in [6, 6.07) is 20.2. The molecule has 0 spiro atoms. The van der Waals surface area contributed by atoms with E-state index in [4.69, 9.17) is 16.3 Å². The van der Waals surface area contributed by atoms with Crippen molar-refractivity contribution < 1.29 is 17.9 Å². The first-order chi connectivity index (χ1) is 16.1. The van der Waals surface area contributed by atoms with Gasteiger partial charge in [0, 0.05) is 17.0 Å². The molecule has 0 bridgehead atoms. The van der Waals surface area contributed by atoms with Crippen LogP contribution in [0.5, 0.6) is 5.75 Å². The Morgan fingerprint density at radius 1 is 1.09 bits per heavy atom. The van der Waals surface area contributed by atoms with Crippen LogP contribution in [0.1, 0.15) is 37.4 Å². The van der Waals surface area contributed by atoms with Crippen LogP contribution in [0.3, 0.4) is 0 Å². The number of halogens is 1. The van der Waals surface area contributed by atoms with Gasteiger partial charge in [-0.15, -0.1) is 0 Å². The van der Waals surface area contributed by atoms with E-state index in [1.807, 2.05) is 45.0 Å². The predicted molar refractivity (Wildman–Crippen MR) is 134 cm³/mol. The third-order valence-corrected chi connectivity index (χ3v) is 7.97. The van der Waals surface area contributed by atoms with Gasteiger partial charge in [0.05, 0.1) is 16.6 Å². The second-order valence-corrected chi connectivity index (χ2v) is 11.3. The number of aryl methyl sites for hydroxylation is 1. The van der Waals surface area contributed by atoms with Crippen LogP contribution < -0.4 is 14.4 Å². The summed E-state index contributed by atoms with van der Waals surface area (Å²) in [5.41, 5.74) is 1.52. The first kappa shape index (κ1) is 24.1. The van der Waals surface area contributed by atoms with E-state index in [1.165, 1.54) is 12.1 Å². The Morgan fingerprint density at radius 3 is 2.47 bits per heavy atom. The highest BCUT2D eigenvalue weighted by atomic mass is 35.5. The van der Waals surface area contributed by atoms with Crippen LogP contribution in [-0.2, 0) is 14.8 Å². The molecule has 0 saturated carbocycles. The molecular formula is C26H27ClN2O4S. The number of para-hydroxylation sites is 1. The number of hydrogen-bond acceptors (Lipinski definition) is 4. The zero-order chi connectivity index (χ0) is 24.5. The van der Waals surface area contributed by atoms with Crippen molar-refractivity contribution in [2.24, 2.45) is 0 Å². The summed E-state index contributed by atoms with van der Waals surface area (Å²) in [4.78, 5) is 13.3. The maximum absolute atomic E-state index is 13.5. The molecule has 6 nitrogen and oxygen atoms in total. The van der Waals surface area contributed by atoms with Gasteiger partial charge in [0.1, 0.15) is 17.9 Å². The molecule has 0 aromatic heterocycles. The molecule has 4 rings (SSSR count). The standard InChI is InChI=1S/C26H27ClN2O4S/c1-18-13-14-19(15-22(18)27)29(34(31,32)20-9-5-4-6-10-20)17-25(30)28-23-16-26(2,3)33-24-12-8-7-11-21(23)24/h4-15,23H,16-17H2,1-3H3,(H,28,30). The van der Waals surface area contributed by atoms with Crippen molar-refractivity contribution >= 4 is 33.2 Å². The van der Waals surface area contributed by atoms with E-state index < -0.39 is 28.1 Å². The Bertz CT molecular complexity index is 1310. The van der Waals surface area contributed by atoms with Crippen molar-refractivity contribution in [2.75, 3.05) is 10.8 Å². The lowest BCUT2D eigenvalue weighted by Gasteiger charge is -2.38. The number of hydrogen-bond donors (Lipinski definition) is 1. The van der Waals surface area contributed by atoms with Gasteiger partial charge in [-0.3, -0.25) is 9.10 Å². The molecule has 1 amide bonds. The first-order valence-electron chi connectivity index (χ1n) is 11.0. The Labute approximate surface area is 205 Å². The van der Waals surface area contributed by atoms with Crippen LogP contribution in [0.15, 0.2) is 77.7 Å². The number of anilines is 1. The normalized spacial score (nSPS) is 16.8. The molecule has 1 heterocycles. The maximum Gasteiger partial charge on any atom is 0.264 e. The van der Waals surface area contributed by atoms with Crippen molar-refractivity contribution in [2.45, 2.75) is 43.7 Å². The fourth-order valence-electron chi connectivity index (χ4n) is 4.07. The molecule has 3 aromatic carbocycles. The average molecular weight is 499 g/mol. The quantitative estimate of drug-likeness (QED) is 0.503. The highest BCUT2D eigenvalue weighted by Gasteiger charge is 2.35.